The van der Waals surface area contributed by atoms with E-state index in [1.54, 1.807) is 18.2 Å². The quantitative estimate of drug-likeness (QED) is 0.503. The number of esters is 1. The third kappa shape index (κ3) is 2.42. The minimum Gasteiger partial charge on any atom is -0.450 e. The van der Waals surface area contributed by atoms with Gasteiger partial charge in [-0.25, -0.2) is 0 Å². The topological polar surface area (TPSA) is 43.4 Å². The Morgan fingerprint density at radius 3 is 2.57 bits per heavy atom. The van der Waals surface area contributed by atoms with Crippen molar-refractivity contribution in [2.24, 2.45) is 0 Å². The molecule has 0 radical (unpaired) electrons. The van der Waals surface area contributed by atoms with Gasteiger partial charge in [-0.3, -0.25) is 9.59 Å². The predicted octanol–water partition coefficient (Wildman–Crippen LogP) is 1.56. The molecule has 0 amide bonds. The minimum absolute atomic E-state index is 0.100. The van der Waals surface area contributed by atoms with Crippen molar-refractivity contribution in [1.29, 1.82) is 0 Å². The first-order valence-corrected chi connectivity index (χ1v) is 4.31. The summed E-state index contributed by atoms with van der Waals surface area (Å²) in [5.74, 6) is -0.479. The van der Waals surface area contributed by atoms with Crippen LogP contribution in [0.25, 0.3) is 0 Å². The van der Waals surface area contributed by atoms with Gasteiger partial charge in [0.15, 0.2) is 11.4 Å². The number of rotatable bonds is 3. The zero-order valence-corrected chi connectivity index (χ0v) is 8.03. The van der Waals surface area contributed by atoms with Crippen LogP contribution in [0.5, 0.6) is 0 Å². The Morgan fingerprint density at radius 1 is 1.57 bits per heavy atom. The molecular formula is C11H12O3. The third-order valence-electron chi connectivity index (χ3n) is 1.86. The van der Waals surface area contributed by atoms with Crippen molar-refractivity contribution in [1.82, 2.24) is 0 Å². The average Bonchev–Trinajstić information content (AvgIpc) is 2.10. The molecule has 3 heteroatoms. The zero-order chi connectivity index (χ0) is 10.6. The van der Waals surface area contributed by atoms with E-state index in [1.165, 1.54) is 19.1 Å². The number of ketones is 1. The van der Waals surface area contributed by atoms with E-state index in [9.17, 15) is 9.59 Å². The summed E-state index contributed by atoms with van der Waals surface area (Å²) in [6.07, 6.45) is 8.07. The number of hydrogen-bond donors (Lipinski definition) is 0. The van der Waals surface area contributed by atoms with E-state index in [4.69, 9.17) is 4.74 Å². The molecule has 0 aromatic rings. The standard InChI is InChI=1S/C11H12O3/c1-3-6-11(14-9(2)12)7-4-10(13)5-8-11/h3-5,7-8H,1,6H2,2H3. The first-order valence-electron chi connectivity index (χ1n) is 4.31. The van der Waals surface area contributed by atoms with Gasteiger partial charge in [0.2, 0.25) is 0 Å². The second-order valence-electron chi connectivity index (χ2n) is 3.11. The van der Waals surface area contributed by atoms with Crippen LogP contribution in [0.2, 0.25) is 0 Å². The van der Waals surface area contributed by atoms with E-state index in [1.807, 2.05) is 0 Å². The van der Waals surface area contributed by atoms with Gasteiger partial charge in [0.25, 0.3) is 0 Å². The summed E-state index contributed by atoms with van der Waals surface area (Å²) in [5, 5.41) is 0. The number of carbonyl (C=O) groups excluding carboxylic acids is 2. The summed E-state index contributed by atoms with van der Waals surface area (Å²) < 4.78 is 5.13. The highest BCUT2D eigenvalue weighted by Gasteiger charge is 2.28. The number of ether oxygens (including phenoxy) is 1. The normalized spacial score (nSPS) is 17.9. The zero-order valence-electron chi connectivity index (χ0n) is 8.03. The minimum atomic E-state index is -0.818. The molecule has 0 aromatic carbocycles. The predicted molar refractivity (Wildman–Crippen MR) is 52.6 cm³/mol. The van der Waals surface area contributed by atoms with Gasteiger partial charge >= 0.3 is 5.97 Å². The summed E-state index contributed by atoms with van der Waals surface area (Å²) in [6.45, 7) is 4.92. The number of carbonyl (C=O) groups is 2. The van der Waals surface area contributed by atoms with Crippen molar-refractivity contribution >= 4 is 11.8 Å². The van der Waals surface area contributed by atoms with E-state index < -0.39 is 5.60 Å². The molecule has 0 fully saturated rings. The van der Waals surface area contributed by atoms with E-state index in [0.29, 0.717) is 6.42 Å². The van der Waals surface area contributed by atoms with E-state index in [2.05, 4.69) is 6.58 Å². The molecule has 74 valence electrons. The number of allylic oxidation sites excluding steroid dienone is 2. The smallest absolute Gasteiger partial charge is 0.303 e. The van der Waals surface area contributed by atoms with Crippen LogP contribution >= 0.6 is 0 Å². The fourth-order valence-corrected chi connectivity index (χ4v) is 1.30. The molecule has 0 aromatic heterocycles. The van der Waals surface area contributed by atoms with Crippen LogP contribution < -0.4 is 0 Å². The summed E-state index contributed by atoms with van der Waals surface area (Å²) >= 11 is 0. The largest absolute Gasteiger partial charge is 0.450 e. The second-order valence-corrected chi connectivity index (χ2v) is 3.11. The lowest BCUT2D eigenvalue weighted by atomic mass is 9.93. The molecule has 1 aliphatic carbocycles. The summed E-state index contributed by atoms with van der Waals surface area (Å²) in [5.41, 5.74) is -0.818. The van der Waals surface area contributed by atoms with Crippen molar-refractivity contribution in [2.45, 2.75) is 18.9 Å². The van der Waals surface area contributed by atoms with Crippen LogP contribution in [0.15, 0.2) is 37.0 Å². The Balaban J connectivity index is 2.88. The summed E-state index contributed by atoms with van der Waals surface area (Å²) in [6, 6.07) is 0. The second kappa shape index (κ2) is 4.05. The lowest BCUT2D eigenvalue weighted by molar-refractivity contribution is -0.148. The molecule has 0 heterocycles. The molecule has 3 nitrogen and oxygen atoms in total. The summed E-state index contributed by atoms with van der Waals surface area (Å²) in [4.78, 5) is 21.8. The maximum absolute atomic E-state index is 10.9. The van der Waals surface area contributed by atoms with Crippen LogP contribution in [0.3, 0.4) is 0 Å². The highest BCUT2D eigenvalue weighted by Crippen LogP contribution is 2.23. The van der Waals surface area contributed by atoms with Gasteiger partial charge in [-0.1, -0.05) is 6.08 Å². The molecule has 1 rings (SSSR count). The van der Waals surface area contributed by atoms with Crippen molar-refractivity contribution in [2.75, 3.05) is 0 Å². The van der Waals surface area contributed by atoms with Crippen molar-refractivity contribution in [3.05, 3.63) is 37.0 Å². The molecule has 0 atom stereocenters. The van der Waals surface area contributed by atoms with Crippen LogP contribution in [-0.4, -0.2) is 17.4 Å². The van der Waals surface area contributed by atoms with Crippen molar-refractivity contribution in [3.8, 4) is 0 Å². The maximum atomic E-state index is 10.9. The SMILES string of the molecule is C=CCC1(OC(C)=O)C=CC(=O)C=C1. The Kier molecular flexibility index (Phi) is 3.02. The summed E-state index contributed by atoms with van der Waals surface area (Å²) in [7, 11) is 0. The fraction of sp³-hybridized carbons (Fsp3) is 0.273. The van der Waals surface area contributed by atoms with Crippen LogP contribution in [0, 0.1) is 0 Å². The van der Waals surface area contributed by atoms with Gasteiger partial charge in [0.1, 0.15) is 0 Å². The van der Waals surface area contributed by atoms with E-state index in [-0.39, 0.29) is 11.8 Å². The highest BCUT2D eigenvalue weighted by atomic mass is 16.6. The van der Waals surface area contributed by atoms with E-state index >= 15 is 0 Å². The Hall–Kier alpha value is -1.64. The van der Waals surface area contributed by atoms with Crippen LogP contribution in [0.4, 0.5) is 0 Å². The molecule has 0 bridgehead atoms. The van der Waals surface area contributed by atoms with Gasteiger partial charge < -0.3 is 4.74 Å². The van der Waals surface area contributed by atoms with Gasteiger partial charge in [0, 0.05) is 13.3 Å². The van der Waals surface area contributed by atoms with Gasteiger partial charge in [0.05, 0.1) is 0 Å². The molecule has 0 saturated carbocycles. The Morgan fingerprint density at radius 2 is 2.14 bits per heavy atom. The van der Waals surface area contributed by atoms with Gasteiger partial charge in [-0.2, -0.15) is 0 Å². The highest BCUT2D eigenvalue weighted by molar-refractivity contribution is 6.00. The Bertz CT molecular complexity index is 307. The average molecular weight is 192 g/mol. The molecule has 14 heavy (non-hydrogen) atoms. The Labute approximate surface area is 82.8 Å². The van der Waals surface area contributed by atoms with Crippen LogP contribution in [-0.2, 0) is 14.3 Å². The molecule has 1 aliphatic rings. The lowest BCUT2D eigenvalue weighted by Gasteiger charge is -2.26. The first kappa shape index (κ1) is 10.4. The molecule has 0 saturated heterocycles. The van der Waals surface area contributed by atoms with Crippen LogP contribution in [0.1, 0.15) is 13.3 Å². The molecule has 0 unspecified atom stereocenters. The molecule has 0 aliphatic heterocycles. The first-order chi connectivity index (χ1) is 6.58. The maximum Gasteiger partial charge on any atom is 0.303 e. The third-order valence-corrected chi connectivity index (χ3v) is 1.86. The fourth-order valence-electron chi connectivity index (χ4n) is 1.30. The lowest BCUT2D eigenvalue weighted by Crippen LogP contribution is -2.31. The number of hydrogen-bond acceptors (Lipinski definition) is 3. The van der Waals surface area contributed by atoms with Crippen molar-refractivity contribution in [3.63, 3.8) is 0 Å². The molecular weight excluding hydrogens is 180 g/mol. The van der Waals surface area contributed by atoms with Gasteiger partial charge in [-0.05, 0) is 24.3 Å². The molecule has 0 N–H and O–H groups in total. The van der Waals surface area contributed by atoms with Crippen molar-refractivity contribution < 1.29 is 14.3 Å². The monoisotopic (exact) mass is 192 g/mol. The van der Waals surface area contributed by atoms with Gasteiger partial charge in [-0.15, -0.1) is 6.58 Å². The van der Waals surface area contributed by atoms with E-state index in [0.717, 1.165) is 0 Å². The molecule has 0 spiro atoms.